The first-order valence-corrected chi connectivity index (χ1v) is 11.5. The molecule has 0 spiro atoms. The van der Waals surface area contributed by atoms with Gasteiger partial charge >= 0.3 is 0 Å². The second kappa shape index (κ2) is 9.55. The van der Waals surface area contributed by atoms with Crippen molar-refractivity contribution < 1.29 is 4.74 Å². The minimum atomic E-state index is 0.262. The number of rotatable bonds is 6. The van der Waals surface area contributed by atoms with Gasteiger partial charge in [0.15, 0.2) is 0 Å². The second-order valence-electron chi connectivity index (χ2n) is 8.77. The lowest BCUT2D eigenvalue weighted by Gasteiger charge is -2.36. The predicted octanol–water partition coefficient (Wildman–Crippen LogP) is 5.77. The Labute approximate surface area is 195 Å². The molecule has 4 nitrogen and oxygen atoms in total. The second-order valence-corrected chi connectivity index (χ2v) is 8.77. The van der Waals surface area contributed by atoms with E-state index in [0.29, 0.717) is 6.61 Å². The summed E-state index contributed by atoms with van der Waals surface area (Å²) >= 11 is 0. The maximum Gasteiger partial charge on any atom is 0.123 e. The van der Waals surface area contributed by atoms with Crippen molar-refractivity contribution in [3.8, 4) is 17.0 Å². The van der Waals surface area contributed by atoms with Gasteiger partial charge in [0.05, 0.1) is 17.1 Å². The van der Waals surface area contributed by atoms with Crippen molar-refractivity contribution in [3.05, 3.63) is 113 Å². The first-order chi connectivity index (χ1) is 16.2. The van der Waals surface area contributed by atoms with Crippen LogP contribution < -0.4 is 4.74 Å². The third-order valence-electron chi connectivity index (χ3n) is 6.30. The number of aromatic nitrogens is 2. The fraction of sp³-hybridized carbons (Fsp3) is 0.241. The van der Waals surface area contributed by atoms with E-state index < -0.39 is 0 Å². The minimum Gasteiger partial charge on any atom is -0.492 e. The van der Waals surface area contributed by atoms with E-state index in [9.17, 15) is 0 Å². The lowest BCUT2D eigenvalue weighted by atomic mass is 9.93. The molecule has 4 heteroatoms. The zero-order valence-electron chi connectivity index (χ0n) is 19.2. The highest BCUT2D eigenvalue weighted by Crippen LogP contribution is 2.36. The summed E-state index contributed by atoms with van der Waals surface area (Å²) < 4.78 is 6.33. The van der Waals surface area contributed by atoms with Crippen LogP contribution in [0.3, 0.4) is 0 Å². The molecule has 166 valence electrons. The highest BCUT2D eigenvalue weighted by atomic mass is 16.5. The third-order valence-corrected chi connectivity index (χ3v) is 6.30. The monoisotopic (exact) mass is 435 g/mol. The Morgan fingerprint density at radius 2 is 1.52 bits per heavy atom. The van der Waals surface area contributed by atoms with Crippen molar-refractivity contribution in [1.29, 1.82) is 0 Å². The summed E-state index contributed by atoms with van der Waals surface area (Å²) in [5.41, 5.74) is 7.81. The van der Waals surface area contributed by atoms with Gasteiger partial charge in [-0.25, -0.2) is 0 Å². The van der Waals surface area contributed by atoms with E-state index in [1.54, 1.807) is 0 Å². The van der Waals surface area contributed by atoms with Gasteiger partial charge in [-0.3, -0.25) is 14.9 Å². The molecule has 1 atom stereocenters. The van der Waals surface area contributed by atoms with Crippen LogP contribution in [0.5, 0.6) is 5.75 Å². The Kier molecular flexibility index (Phi) is 6.18. The Hall–Kier alpha value is -3.50. The molecule has 0 amide bonds. The Morgan fingerprint density at radius 3 is 2.15 bits per heavy atom. The van der Waals surface area contributed by atoms with Crippen LogP contribution >= 0.6 is 0 Å². The summed E-state index contributed by atoms with van der Waals surface area (Å²) in [5.74, 6) is 0.963. The topological polar surface area (TPSA) is 38.2 Å². The van der Waals surface area contributed by atoms with Gasteiger partial charge in [0.1, 0.15) is 12.4 Å². The number of aryl methyl sites for hydroxylation is 2. The molecule has 2 heterocycles. The van der Waals surface area contributed by atoms with Gasteiger partial charge in [0, 0.05) is 36.5 Å². The maximum absolute atomic E-state index is 6.33. The van der Waals surface area contributed by atoms with Crippen LogP contribution in [0, 0.1) is 13.8 Å². The molecule has 0 N–H and O–H groups in total. The largest absolute Gasteiger partial charge is 0.492 e. The summed E-state index contributed by atoms with van der Waals surface area (Å²) in [4.78, 5) is 11.9. The lowest BCUT2D eigenvalue weighted by Crippen LogP contribution is -2.42. The average molecular weight is 436 g/mol. The van der Waals surface area contributed by atoms with Crippen molar-refractivity contribution >= 4 is 0 Å². The molecule has 1 aliphatic rings. The molecule has 3 aromatic carbocycles. The Bertz CT molecular complexity index is 1180. The predicted molar refractivity (Wildman–Crippen MR) is 132 cm³/mol. The van der Waals surface area contributed by atoms with Gasteiger partial charge in [-0.1, -0.05) is 72.8 Å². The molecule has 33 heavy (non-hydrogen) atoms. The highest BCUT2D eigenvalue weighted by Gasteiger charge is 2.28. The summed E-state index contributed by atoms with van der Waals surface area (Å²) in [6.07, 6.45) is 2.76. The number of hydrogen-bond acceptors (Lipinski definition) is 4. The number of fused-ring (bicyclic) bond motifs is 1. The molecule has 1 aliphatic heterocycles. The van der Waals surface area contributed by atoms with Gasteiger partial charge in [-0.05, 0) is 37.5 Å². The molecular weight excluding hydrogens is 406 g/mol. The molecular formula is C29H29N3O. The van der Waals surface area contributed by atoms with Crippen molar-refractivity contribution in [2.75, 3.05) is 6.61 Å². The zero-order chi connectivity index (χ0) is 22.6. The SMILES string of the molecule is Cc1cnc(-c2cccc3c2C[C@H](N(Cc2ccccc2)Cc2ccccc2)CO3)c(C)n1. The molecule has 4 aromatic rings. The number of benzene rings is 3. The number of nitrogens with zero attached hydrogens (tertiary/aromatic N) is 3. The van der Waals surface area contributed by atoms with E-state index in [-0.39, 0.29) is 6.04 Å². The average Bonchev–Trinajstić information content (AvgIpc) is 2.84. The number of ether oxygens (including phenoxy) is 1. The molecule has 1 aromatic heterocycles. The molecule has 0 fully saturated rings. The molecule has 0 saturated heterocycles. The van der Waals surface area contributed by atoms with Crippen LogP contribution in [0.1, 0.15) is 28.1 Å². The third kappa shape index (κ3) is 4.81. The van der Waals surface area contributed by atoms with Gasteiger partial charge in [0.25, 0.3) is 0 Å². The van der Waals surface area contributed by atoms with Crippen LogP contribution in [-0.4, -0.2) is 27.5 Å². The summed E-state index contributed by atoms with van der Waals surface area (Å²) in [7, 11) is 0. The van der Waals surface area contributed by atoms with Crippen LogP contribution in [-0.2, 0) is 19.5 Å². The van der Waals surface area contributed by atoms with Gasteiger partial charge < -0.3 is 4.74 Å². The minimum absolute atomic E-state index is 0.262. The lowest BCUT2D eigenvalue weighted by molar-refractivity contribution is 0.106. The smallest absolute Gasteiger partial charge is 0.123 e. The van der Waals surface area contributed by atoms with E-state index >= 15 is 0 Å². The first-order valence-electron chi connectivity index (χ1n) is 11.5. The molecule has 0 radical (unpaired) electrons. The summed E-state index contributed by atoms with van der Waals surface area (Å²) in [6.45, 7) is 6.45. The van der Waals surface area contributed by atoms with Crippen LogP contribution in [0.2, 0.25) is 0 Å². The molecule has 0 saturated carbocycles. The van der Waals surface area contributed by atoms with Crippen molar-refractivity contribution in [1.82, 2.24) is 14.9 Å². The van der Waals surface area contributed by atoms with E-state index in [1.165, 1.54) is 16.7 Å². The van der Waals surface area contributed by atoms with Crippen LogP contribution in [0.25, 0.3) is 11.3 Å². The van der Waals surface area contributed by atoms with Crippen molar-refractivity contribution in [2.24, 2.45) is 0 Å². The number of hydrogen-bond donors (Lipinski definition) is 0. The van der Waals surface area contributed by atoms with Gasteiger partial charge in [-0.2, -0.15) is 0 Å². The highest BCUT2D eigenvalue weighted by molar-refractivity contribution is 5.69. The zero-order valence-corrected chi connectivity index (χ0v) is 19.2. The summed E-state index contributed by atoms with van der Waals surface area (Å²) in [6, 6.07) is 27.9. The molecule has 0 unspecified atom stereocenters. The van der Waals surface area contributed by atoms with E-state index in [2.05, 4.69) is 88.7 Å². The maximum atomic E-state index is 6.33. The molecule has 5 rings (SSSR count). The van der Waals surface area contributed by atoms with Gasteiger partial charge in [0.2, 0.25) is 0 Å². The fourth-order valence-electron chi connectivity index (χ4n) is 4.66. The normalized spacial score (nSPS) is 15.2. The molecule has 0 aliphatic carbocycles. The summed E-state index contributed by atoms with van der Waals surface area (Å²) in [5, 5.41) is 0. The molecule has 0 bridgehead atoms. The Morgan fingerprint density at radius 1 is 0.848 bits per heavy atom. The van der Waals surface area contributed by atoms with E-state index in [1.807, 2.05) is 20.0 Å². The van der Waals surface area contributed by atoms with Crippen LogP contribution in [0.4, 0.5) is 0 Å². The van der Waals surface area contributed by atoms with E-state index in [0.717, 1.165) is 47.9 Å². The van der Waals surface area contributed by atoms with Crippen molar-refractivity contribution in [2.45, 2.75) is 39.4 Å². The fourth-order valence-corrected chi connectivity index (χ4v) is 4.66. The standard InChI is InChI=1S/C29H29N3O/c1-21-17-30-29(22(2)31-21)26-14-9-15-28-27(26)16-25(20-33-28)32(18-23-10-5-3-6-11-23)19-24-12-7-4-8-13-24/h3-15,17,25H,16,18-20H2,1-2H3/t25-/m0/s1. The van der Waals surface area contributed by atoms with Gasteiger partial charge in [-0.15, -0.1) is 0 Å². The van der Waals surface area contributed by atoms with E-state index in [4.69, 9.17) is 9.72 Å². The quantitative estimate of drug-likeness (QED) is 0.386. The first kappa shape index (κ1) is 21.4. The van der Waals surface area contributed by atoms with Crippen LogP contribution in [0.15, 0.2) is 85.1 Å². The van der Waals surface area contributed by atoms with Crippen molar-refractivity contribution in [3.63, 3.8) is 0 Å². The Balaban J connectivity index is 1.48.